The van der Waals surface area contributed by atoms with Crippen LogP contribution in [-0.4, -0.2) is 97.5 Å². The van der Waals surface area contributed by atoms with Crippen molar-refractivity contribution in [1.29, 1.82) is 0 Å². The predicted molar refractivity (Wildman–Crippen MR) is 290 cm³/mol. The van der Waals surface area contributed by atoms with E-state index in [1.807, 2.05) is 0 Å². The number of esters is 1. The maximum Gasteiger partial charge on any atom is 0.397 e. The summed E-state index contributed by atoms with van der Waals surface area (Å²) < 4.78 is 59.4. The lowest BCUT2D eigenvalue weighted by Crippen LogP contribution is -2.60. The average molecular weight is 1030 g/mol. The molecule has 1 fully saturated rings. The van der Waals surface area contributed by atoms with Crippen LogP contribution in [0.1, 0.15) is 251 Å². The summed E-state index contributed by atoms with van der Waals surface area (Å²) in [7, 11) is -5.07. The number of aliphatic hydroxyl groups is 3. The lowest BCUT2D eigenvalue weighted by atomic mass is 9.99. The van der Waals surface area contributed by atoms with Gasteiger partial charge in [-0.05, 0) is 77.0 Å². The van der Waals surface area contributed by atoms with Crippen LogP contribution >= 0.6 is 0 Å². The second-order valence-corrected chi connectivity index (χ2v) is 20.9. The standard InChI is InChI=1S/C58H106O12S/c1-3-5-7-9-11-13-15-17-19-21-23-24-25-26-27-28-29-30-32-34-36-38-40-42-44-46-48-66-50-52(51-67-58-56(62)57(70-71(63,64)65)55(61)53(49-59)69-58)68-54(60)47-45-43-41-39-37-35-33-31-22-20-18-16-14-12-10-8-6-4-2/h14-17,20-23,52-53,55-59,61-62H,3-13,18-19,24-51H2,1-2H3,(H,63,64,65)/b16-14-,17-15-,22-20-,23-21-. The molecule has 1 aliphatic heterocycles. The fraction of sp³-hybridized carbons (Fsp3) is 0.845. The number of hydrogen-bond acceptors (Lipinski definition) is 11. The molecule has 12 nitrogen and oxygen atoms in total. The third kappa shape index (κ3) is 42.0. The molecule has 4 N–H and O–H groups in total. The van der Waals surface area contributed by atoms with Gasteiger partial charge in [0.05, 0.1) is 19.8 Å². The van der Waals surface area contributed by atoms with E-state index in [-0.39, 0.29) is 19.6 Å². The van der Waals surface area contributed by atoms with Gasteiger partial charge in [0.2, 0.25) is 0 Å². The Bertz CT molecular complexity index is 1420. The number of carbonyl (C=O) groups is 1. The molecule has 0 saturated carbocycles. The molecule has 0 spiro atoms. The highest BCUT2D eigenvalue weighted by molar-refractivity contribution is 7.80. The quantitative estimate of drug-likeness (QED) is 0.0196. The molecule has 1 rings (SSSR count). The fourth-order valence-corrected chi connectivity index (χ4v) is 9.30. The second-order valence-electron chi connectivity index (χ2n) is 19.9. The first kappa shape index (κ1) is 67.1. The van der Waals surface area contributed by atoms with Crippen molar-refractivity contribution in [1.82, 2.24) is 0 Å². The molecule has 1 saturated heterocycles. The number of rotatable bonds is 51. The summed E-state index contributed by atoms with van der Waals surface area (Å²) in [5, 5.41) is 30.8. The Morgan fingerprint density at radius 2 is 0.930 bits per heavy atom. The van der Waals surface area contributed by atoms with Crippen molar-refractivity contribution in [2.45, 2.75) is 288 Å². The van der Waals surface area contributed by atoms with Crippen molar-refractivity contribution in [3.8, 4) is 0 Å². The summed E-state index contributed by atoms with van der Waals surface area (Å²) in [6.45, 7) is 3.99. The van der Waals surface area contributed by atoms with E-state index in [0.717, 1.165) is 57.8 Å². The molecule has 0 bridgehead atoms. The van der Waals surface area contributed by atoms with Gasteiger partial charge < -0.3 is 34.3 Å². The van der Waals surface area contributed by atoms with E-state index in [4.69, 9.17) is 18.9 Å². The van der Waals surface area contributed by atoms with Crippen LogP contribution in [-0.2, 0) is 38.3 Å². The minimum absolute atomic E-state index is 0.0331. The molecule has 416 valence electrons. The van der Waals surface area contributed by atoms with E-state index in [9.17, 15) is 33.1 Å². The minimum atomic E-state index is -5.07. The Morgan fingerprint density at radius 3 is 1.35 bits per heavy atom. The van der Waals surface area contributed by atoms with Gasteiger partial charge in [0, 0.05) is 13.0 Å². The van der Waals surface area contributed by atoms with Crippen LogP contribution in [0.25, 0.3) is 0 Å². The Labute approximate surface area is 434 Å². The summed E-state index contributed by atoms with van der Waals surface area (Å²) in [4.78, 5) is 12.9. The molecule has 6 unspecified atom stereocenters. The van der Waals surface area contributed by atoms with E-state index in [1.165, 1.54) is 167 Å². The van der Waals surface area contributed by atoms with E-state index < -0.39 is 59.8 Å². The molecule has 13 heteroatoms. The largest absolute Gasteiger partial charge is 0.457 e. The number of allylic oxidation sites excluding steroid dienone is 8. The molecule has 0 amide bonds. The molecule has 0 aromatic rings. The molecule has 0 aromatic carbocycles. The maximum absolute atomic E-state index is 12.9. The first-order chi connectivity index (χ1) is 34.6. The normalized spacial score (nSPS) is 19.3. The van der Waals surface area contributed by atoms with Crippen molar-refractivity contribution in [2.24, 2.45) is 0 Å². The Morgan fingerprint density at radius 1 is 0.535 bits per heavy atom. The fourth-order valence-electron chi connectivity index (χ4n) is 8.79. The average Bonchev–Trinajstić information content (AvgIpc) is 3.35. The monoisotopic (exact) mass is 1030 g/mol. The van der Waals surface area contributed by atoms with Gasteiger partial charge in [0.1, 0.15) is 30.5 Å². The molecule has 0 aliphatic carbocycles. The highest BCUT2D eigenvalue weighted by Crippen LogP contribution is 2.26. The number of carbonyl (C=O) groups excluding carboxylic acids is 1. The topological polar surface area (TPSA) is 178 Å². The van der Waals surface area contributed by atoms with Crippen LogP contribution < -0.4 is 0 Å². The summed E-state index contributed by atoms with van der Waals surface area (Å²) in [6, 6.07) is 0. The van der Waals surface area contributed by atoms with Crippen molar-refractivity contribution in [3.63, 3.8) is 0 Å². The Balaban J connectivity index is 2.28. The maximum atomic E-state index is 12.9. The number of hydrogen-bond donors (Lipinski definition) is 4. The zero-order valence-electron chi connectivity index (χ0n) is 45.0. The first-order valence-electron chi connectivity index (χ1n) is 28.9. The molecular formula is C58H106O12S. The van der Waals surface area contributed by atoms with Gasteiger partial charge in [-0.15, -0.1) is 0 Å². The highest BCUT2D eigenvalue weighted by atomic mass is 32.3. The van der Waals surface area contributed by atoms with Gasteiger partial charge >= 0.3 is 16.4 Å². The van der Waals surface area contributed by atoms with Gasteiger partial charge in [0.25, 0.3) is 0 Å². The number of ether oxygens (including phenoxy) is 4. The smallest absolute Gasteiger partial charge is 0.397 e. The zero-order chi connectivity index (χ0) is 51.7. The molecule has 71 heavy (non-hydrogen) atoms. The van der Waals surface area contributed by atoms with Crippen molar-refractivity contribution in [2.75, 3.05) is 26.4 Å². The van der Waals surface area contributed by atoms with Crippen LogP contribution in [0.5, 0.6) is 0 Å². The summed E-state index contributed by atoms with van der Waals surface area (Å²) in [5.41, 5.74) is 0. The van der Waals surface area contributed by atoms with E-state index in [1.54, 1.807) is 0 Å². The van der Waals surface area contributed by atoms with Crippen molar-refractivity contribution < 1.29 is 56.2 Å². The number of unbranched alkanes of at least 4 members (excludes halogenated alkanes) is 30. The Kier molecular flexibility index (Phi) is 46.3. The van der Waals surface area contributed by atoms with Crippen LogP contribution in [0.3, 0.4) is 0 Å². The predicted octanol–water partition coefficient (Wildman–Crippen LogP) is 14.3. The third-order valence-corrected chi connectivity index (χ3v) is 13.6. The third-order valence-electron chi connectivity index (χ3n) is 13.2. The number of aliphatic hydroxyl groups excluding tert-OH is 3. The van der Waals surface area contributed by atoms with Gasteiger partial charge in [-0.1, -0.05) is 217 Å². The Hall–Kier alpha value is -1.94. The van der Waals surface area contributed by atoms with E-state index >= 15 is 0 Å². The molecule has 0 aromatic heterocycles. The molecule has 1 aliphatic rings. The second kappa shape index (κ2) is 49.0. The highest BCUT2D eigenvalue weighted by Gasteiger charge is 2.48. The van der Waals surface area contributed by atoms with Crippen LogP contribution in [0.4, 0.5) is 0 Å². The molecule has 1 heterocycles. The van der Waals surface area contributed by atoms with Gasteiger partial charge in [-0.25, -0.2) is 4.18 Å². The van der Waals surface area contributed by atoms with Crippen molar-refractivity contribution >= 4 is 16.4 Å². The van der Waals surface area contributed by atoms with Crippen LogP contribution in [0, 0.1) is 0 Å². The summed E-state index contributed by atoms with van der Waals surface area (Å²) >= 11 is 0. The van der Waals surface area contributed by atoms with Gasteiger partial charge in [-0.2, -0.15) is 8.42 Å². The van der Waals surface area contributed by atoms with Crippen LogP contribution in [0.2, 0.25) is 0 Å². The molecule has 0 radical (unpaired) electrons. The van der Waals surface area contributed by atoms with Crippen molar-refractivity contribution in [3.05, 3.63) is 48.6 Å². The minimum Gasteiger partial charge on any atom is -0.457 e. The van der Waals surface area contributed by atoms with E-state index in [2.05, 4.69) is 66.6 Å². The summed E-state index contributed by atoms with van der Waals surface area (Å²) in [5.74, 6) is -0.405. The lowest BCUT2D eigenvalue weighted by molar-refractivity contribution is -0.301. The molecule has 6 atom stereocenters. The first-order valence-corrected chi connectivity index (χ1v) is 30.3. The summed E-state index contributed by atoms with van der Waals surface area (Å²) in [6.07, 6.45) is 52.9. The van der Waals surface area contributed by atoms with Gasteiger partial charge in [-0.3, -0.25) is 9.35 Å². The molecular weight excluding hydrogens is 921 g/mol. The van der Waals surface area contributed by atoms with E-state index in [0.29, 0.717) is 13.0 Å². The SMILES string of the molecule is CCCCCC/C=C\C/C=C\CCCCCCCCCC(=O)OC(COCCCCCCCCCCCCCCCC/C=C\C/C=C\CCCCCCC)COC1OC(CO)C(O)C(OS(=O)(=O)O)C1O. The van der Waals surface area contributed by atoms with Gasteiger partial charge in [0.15, 0.2) is 6.29 Å². The lowest BCUT2D eigenvalue weighted by Gasteiger charge is -2.41. The van der Waals surface area contributed by atoms with Crippen LogP contribution in [0.15, 0.2) is 48.6 Å². The zero-order valence-corrected chi connectivity index (χ0v) is 45.9.